The number of carbonyl (C=O) groups is 2. The van der Waals surface area contributed by atoms with E-state index in [1.807, 2.05) is 24.3 Å². The molecule has 1 aromatic carbocycles. The van der Waals surface area contributed by atoms with Gasteiger partial charge >= 0.3 is 5.97 Å². The second-order valence-corrected chi connectivity index (χ2v) is 6.14. The van der Waals surface area contributed by atoms with Crippen molar-refractivity contribution in [3.05, 3.63) is 35.3 Å². The lowest BCUT2D eigenvalue weighted by molar-refractivity contribution is -0.137. The number of hydrogen-bond donors (Lipinski definition) is 1. The Morgan fingerprint density at radius 2 is 2.00 bits per heavy atom. The first-order valence-electron chi connectivity index (χ1n) is 7.67. The minimum Gasteiger partial charge on any atom is -0.494 e. The number of benzene rings is 1. The molecule has 0 saturated carbocycles. The van der Waals surface area contributed by atoms with Crippen LogP contribution in [0.3, 0.4) is 0 Å². The number of aliphatic carboxylic acids is 1. The van der Waals surface area contributed by atoms with E-state index < -0.39 is 5.97 Å². The number of thiazole rings is 1. The quantitative estimate of drug-likeness (QED) is 0.793. The highest BCUT2D eigenvalue weighted by molar-refractivity contribution is 7.13. The van der Waals surface area contributed by atoms with Crippen LogP contribution < -0.4 is 4.74 Å². The van der Waals surface area contributed by atoms with Gasteiger partial charge in [0.15, 0.2) is 0 Å². The topological polar surface area (TPSA) is 79.7 Å². The molecule has 0 bridgehead atoms. The van der Waals surface area contributed by atoms with Gasteiger partial charge in [-0.05, 0) is 30.7 Å². The Morgan fingerprint density at radius 3 is 2.62 bits per heavy atom. The van der Waals surface area contributed by atoms with Crippen LogP contribution >= 0.6 is 11.3 Å². The van der Waals surface area contributed by atoms with Crippen molar-refractivity contribution < 1.29 is 19.4 Å². The van der Waals surface area contributed by atoms with Crippen LogP contribution in [-0.4, -0.2) is 47.1 Å². The molecule has 0 aliphatic heterocycles. The third-order valence-corrected chi connectivity index (χ3v) is 4.20. The van der Waals surface area contributed by atoms with Gasteiger partial charge in [-0.3, -0.25) is 9.59 Å². The predicted molar refractivity (Wildman–Crippen MR) is 92.5 cm³/mol. The Morgan fingerprint density at radius 1 is 1.29 bits per heavy atom. The first kappa shape index (κ1) is 17.9. The van der Waals surface area contributed by atoms with E-state index >= 15 is 0 Å². The third kappa shape index (κ3) is 4.79. The molecule has 24 heavy (non-hydrogen) atoms. The maximum Gasteiger partial charge on any atom is 0.305 e. The normalized spacial score (nSPS) is 10.4. The molecule has 6 nitrogen and oxygen atoms in total. The van der Waals surface area contributed by atoms with E-state index in [9.17, 15) is 9.59 Å². The van der Waals surface area contributed by atoms with Gasteiger partial charge < -0.3 is 14.7 Å². The Bertz CT molecular complexity index is 697. The number of aromatic nitrogens is 1. The second kappa shape index (κ2) is 8.44. The van der Waals surface area contributed by atoms with Crippen molar-refractivity contribution in [3.8, 4) is 16.3 Å². The average molecular weight is 348 g/mol. The van der Waals surface area contributed by atoms with E-state index in [1.165, 1.54) is 16.2 Å². The molecule has 0 radical (unpaired) electrons. The highest BCUT2D eigenvalue weighted by atomic mass is 32.1. The molecule has 128 valence electrons. The van der Waals surface area contributed by atoms with Crippen molar-refractivity contribution in [2.75, 3.05) is 20.2 Å². The van der Waals surface area contributed by atoms with Crippen molar-refractivity contribution in [2.24, 2.45) is 0 Å². The summed E-state index contributed by atoms with van der Waals surface area (Å²) in [6, 6.07) is 7.58. The minimum absolute atomic E-state index is 0.0849. The lowest BCUT2D eigenvalue weighted by Gasteiger charge is -2.14. The monoisotopic (exact) mass is 348 g/mol. The van der Waals surface area contributed by atoms with Crippen molar-refractivity contribution >= 4 is 23.2 Å². The molecule has 7 heteroatoms. The Kier molecular flexibility index (Phi) is 6.31. The summed E-state index contributed by atoms with van der Waals surface area (Å²) in [7, 11) is 1.57. The molecule has 0 spiro atoms. The number of carboxylic acids is 1. The molecular formula is C17H20N2O4S. The highest BCUT2D eigenvalue weighted by Gasteiger charge is 2.16. The van der Waals surface area contributed by atoms with Crippen molar-refractivity contribution in [3.63, 3.8) is 0 Å². The van der Waals surface area contributed by atoms with Gasteiger partial charge in [-0.2, -0.15) is 0 Å². The molecule has 1 aromatic heterocycles. The van der Waals surface area contributed by atoms with E-state index in [4.69, 9.17) is 9.84 Å². The molecule has 0 unspecified atom stereocenters. The van der Waals surface area contributed by atoms with Crippen molar-refractivity contribution in [1.29, 1.82) is 0 Å². The van der Waals surface area contributed by atoms with Gasteiger partial charge in [0, 0.05) is 24.5 Å². The zero-order valence-electron chi connectivity index (χ0n) is 13.7. The largest absolute Gasteiger partial charge is 0.494 e. The summed E-state index contributed by atoms with van der Waals surface area (Å²) in [4.78, 5) is 28.5. The Balaban J connectivity index is 2.04. The number of nitrogens with zero attached hydrogens (tertiary/aromatic N) is 2. The fourth-order valence-electron chi connectivity index (χ4n) is 1.98. The first-order chi connectivity index (χ1) is 11.5. The molecule has 1 heterocycles. The van der Waals surface area contributed by atoms with Crippen LogP contribution in [0, 0.1) is 0 Å². The van der Waals surface area contributed by atoms with E-state index in [1.54, 1.807) is 12.4 Å². The minimum atomic E-state index is -0.931. The summed E-state index contributed by atoms with van der Waals surface area (Å²) in [5.74, 6) is -0.400. The fourth-order valence-corrected chi connectivity index (χ4v) is 2.78. The van der Waals surface area contributed by atoms with Gasteiger partial charge in [-0.25, -0.2) is 4.98 Å². The van der Waals surface area contributed by atoms with Gasteiger partial charge in [0.05, 0.1) is 13.0 Å². The second-order valence-electron chi connectivity index (χ2n) is 5.28. The van der Waals surface area contributed by atoms with Crippen molar-refractivity contribution in [2.45, 2.75) is 19.8 Å². The molecule has 0 atom stereocenters. The summed E-state index contributed by atoms with van der Waals surface area (Å²) in [6.07, 6.45) is 0.869. The summed E-state index contributed by atoms with van der Waals surface area (Å²) in [5, 5.41) is 11.1. The maximum absolute atomic E-state index is 12.2. The zero-order valence-corrected chi connectivity index (χ0v) is 14.5. The molecule has 1 amide bonds. The van der Waals surface area contributed by atoms with Crippen LogP contribution in [0.15, 0.2) is 29.6 Å². The molecule has 0 aliphatic carbocycles. The van der Waals surface area contributed by atoms with Crippen LogP contribution in [-0.2, 0) is 4.79 Å². The molecule has 0 saturated heterocycles. The summed E-state index contributed by atoms with van der Waals surface area (Å²) in [5.41, 5.74) is 1.24. The molecule has 0 fully saturated rings. The summed E-state index contributed by atoms with van der Waals surface area (Å²) >= 11 is 1.38. The number of ether oxygens (including phenoxy) is 1. The number of hydrogen-bond acceptors (Lipinski definition) is 5. The molecule has 2 rings (SSSR count). The van der Waals surface area contributed by atoms with Gasteiger partial charge in [-0.15, -0.1) is 11.3 Å². The average Bonchev–Trinajstić information content (AvgIpc) is 3.07. The fraction of sp³-hybridized carbons (Fsp3) is 0.353. The SMILES string of the molecule is CCCOc1ccc(-c2nc(C(=O)N(C)CCC(=O)O)cs2)cc1. The smallest absolute Gasteiger partial charge is 0.305 e. The van der Waals surface area contributed by atoms with E-state index in [0.29, 0.717) is 12.3 Å². The Labute approximate surface area is 144 Å². The van der Waals surface area contributed by atoms with E-state index in [0.717, 1.165) is 22.7 Å². The Hall–Kier alpha value is -2.41. The number of amides is 1. The van der Waals surface area contributed by atoms with Gasteiger partial charge in [0.25, 0.3) is 5.91 Å². The molecule has 2 aromatic rings. The summed E-state index contributed by atoms with van der Waals surface area (Å²) < 4.78 is 5.54. The maximum atomic E-state index is 12.2. The first-order valence-corrected chi connectivity index (χ1v) is 8.55. The summed E-state index contributed by atoms with van der Waals surface area (Å²) in [6.45, 7) is 2.89. The number of carbonyl (C=O) groups excluding carboxylic acids is 1. The predicted octanol–water partition coefficient (Wildman–Crippen LogP) is 3.15. The van der Waals surface area contributed by atoms with Gasteiger partial charge in [0.1, 0.15) is 16.5 Å². The highest BCUT2D eigenvalue weighted by Crippen LogP contribution is 2.26. The van der Waals surface area contributed by atoms with E-state index in [-0.39, 0.29) is 18.9 Å². The molecule has 1 N–H and O–H groups in total. The number of carboxylic acid groups (broad SMARTS) is 1. The lowest BCUT2D eigenvalue weighted by Crippen LogP contribution is -2.29. The van der Waals surface area contributed by atoms with Gasteiger partial charge in [-0.1, -0.05) is 6.92 Å². The van der Waals surface area contributed by atoms with Gasteiger partial charge in [0.2, 0.25) is 0 Å². The van der Waals surface area contributed by atoms with Crippen LogP contribution in [0.4, 0.5) is 0 Å². The molecular weight excluding hydrogens is 328 g/mol. The van der Waals surface area contributed by atoms with Crippen LogP contribution in [0.1, 0.15) is 30.3 Å². The molecule has 0 aliphatic rings. The lowest BCUT2D eigenvalue weighted by atomic mass is 10.2. The van der Waals surface area contributed by atoms with Crippen LogP contribution in [0.25, 0.3) is 10.6 Å². The standard InChI is InChI=1S/C17H20N2O4S/c1-3-10-23-13-6-4-12(5-7-13)16-18-14(11-24-16)17(22)19(2)9-8-15(20)21/h4-7,11H,3,8-10H2,1-2H3,(H,20,21). The van der Waals surface area contributed by atoms with Crippen LogP contribution in [0.2, 0.25) is 0 Å². The third-order valence-electron chi connectivity index (χ3n) is 3.31. The van der Waals surface area contributed by atoms with E-state index in [2.05, 4.69) is 11.9 Å². The van der Waals surface area contributed by atoms with Crippen LogP contribution in [0.5, 0.6) is 5.75 Å². The zero-order chi connectivity index (χ0) is 17.5. The number of rotatable bonds is 8. The van der Waals surface area contributed by atoms with Crippen molar-refractivity contribution in [1.82, 2.24) is 9.88 Å².